The molecule has 0 atom stereocenters. The maximum Gasteiger partial charge on any atom is 0.573 e. The molecule has 0 bridgehead atoms. The van der Waals surface area contributed by atoms with Gasteiger partial charge in [0, 0.05) is 30.0 Å². The number of carbonyl (C=O) groups excluding carboxylic acids is 1. The molecule has 1 N–H and O–H groups in total. The lowest BCUT2D eigenvalue weighted by Crippen LogP contribution is -2.23. The third-order valence-electron chi connectivity index (χ3n) is 4.51. The van der Waals surface area contributed by atoms with Gasteiger partial charge in [-0.3, -0.25) is 4.79 Å². The van der Waals surface area contributed by atoms with Crippen LogP contribution in [0.25, 0.3) is 5.70 Å². The van der Waals surface area contributed by atoms with Gasteiger partial charge in [0.1, 0.15) is 5.75 Å². The standard InChI is InChI=1S/C15H20F3NO.C11H13NO/c1-4-10-19(11-5-2)12(3)13-6-8-14(9-7-13)20-15(16,17)18;1-8(2)12-11(13)10-7-5-4-6-9(10)3/h6-9H,3-5,10-11H2,1-2H3;4-7H,1H2,2-3H3,(H,12,13). The molecule has 0 spiro atoms. The van der Waals surface area contributed by atoms with Gasteiger partial charge in [0.25, 0.3) is 5.91 Å². The van der Waals surface area contributed by atoms with Crippen LogP contribution in [-0.2, 0) is 0 Å². The van der Waals surface area contributed by atoms with E-state index in [0.29, 0.717) is 11.3 Å². The molecule has 0 fully saturated rings. The molecule has 0 aliphatic heterocycles. The Morgan fingerprint density at radius 1 is 1.00 bits per heavy atom. The lowest BCUT2D eigenvalue weighted by Gasteiger charge is -2.26. The van der Waals surface area contributed by atoms with Crippen LogP contribution in [0.4, 0.5) is 13.2 Å². The number of carbonyl (C=O) groups is 1. The van der Waals surface area contributed by atoms with E-state index in [0.717, 1.165) is 42.8 Å². The Balaban J connectivity index is 0.000000361. The fourth-order valence-electron chi connectivity index (χ4n) is 3.04. The van der Waals surface area contributed by atoms with Crippen molar-refractivity contribution in [3.05, 3.63) is 84.1 Å². The molecule has 0 aliphatic rings. The SMILES string of the molecule is C=C(C)NC(=O)c1ccccc1C.C=C(c1ccc(OC(F)(F)F)cc1)N(CCC)CCC. The zero-order chi connectivity index (χ0) is 25.0. The minimum Gasteiger partial charge on any atom is -0.406 e. The molecule has 0 heterocycles. The first kappa shape index (κ1) is 27.8. The van der Waals surface area contributed by atoms with Crippen molar-refractivity contribution in [2.24, 2.45) is 0 Å². The Kier molecular flexibility index (Phi) is 11.3. The molecule has 0 unspecified atom stereocenters. The summed E-state index contributed by atoms with van der Waals surface area (Å²) < 4.78 is 40.1. The highest BCUT2D eigenvalue weighted by molar-refractivity contribution is 5.96. The van der Waals surface area contributed by atoms with Crippen molar-refractivity contribution in [3.63, 3.8) is 0 Å². The minimum absolute atomic E-state index is 0.0920. The monoisotopic (exact) mass is 462 g/mol. The highest BCUT2D eigenvalue weighted by Gasteiger charge is 2.31. The van der Waals surface area contributed by atoms with Gasteiger partial charge in [0.15, 0.2) is 0 Å². The van der Waals surface area contributed by atoms with Crippen molar-refractivity contribution < 1.29 is 22.7 Å². The van der Waals surface area contributed by atoms with Crippen molar-refractivity contribution in [2.45, 2.75) is 46.9 Å². The molecule has 2 rings (SSSR count). The van der Waals surface area contributed by atoms with E-state index in [1.807, 2.05) is 25.1 Å². The fourth-order valence-corrected chi connectivity index (χ4v) is 3.04. The molecular formula is C26H33F3N2O2. The minimum atomic E-state index is -4.66. The van der Waals surface area contributed by atoms with Crippen molar-refractivity contribution in [1.29, 1.82) is 0 Å². The Labute approximate surface area is 194 Å². The summed E-state index contributed by atoms with van der Waals surface area (Å²) in [5, 5.41) is 2.67. The van der Waals surface area contributed by atoms with Crippen LogP contribution >= 0.6 is 0 Å². The van der Waals surface area contributed by atoms with Crippen LogP contribution in [0, 0.1) is 6.92 Å². The number of nitrogens with one attached hydrogen (secondary N) is 1. The molecule has 1 amide bonds. The number of hydrogen-bond acceptors (Lipinski definition) is 3. The smallest absolute Gasteiger partial charge is 0.406 e. The number of amides is 1. The normalized spacial score (nSPS) is 10.5. The molecule has 0 saturated heterocycles. The summed E-state index contributed by atoms with van der Waals surface area (Å²) in [6.07, 6.45) is -2.67. The second-order valence-corrected chi connectivity index (χ2v) is 7.56. The molecule has 4 nitrogen and oxygen atoms in total. The second kappa shape index (κ2) is 13.4. The summed E-state index contributed by atoms with van der Waals surface area (Å²) in [4.78, 5) is 13.6. The van der Waals surface area contributed by atoms with Crippen molar-refractivity contribution in [2.75, 3.05) is 13.1 Å². The number of benzene rings is 2. The van der Waals surface area contributed by atoms with E-state index in [2.05, 4.69) is 42.0 Å². The molecule has 7 heteroatoms. The number of hydrogen-bond donors (Lipinski definition) is 1. The zero-order valence-corrected chi connectivity index (χ0v) is 19.8. The fraction of sp³-hybridized carbons (Fsp3) is 0.346. The first-order valence-corrected chi connectivity index (χ1v) is 10.8. The molecule has 0 radical (unpaired) electrons. The number of alkyl halides is 3. The highest BCUT2D eigenvalue weighted by Crippen LogP contribution is 2.25. The molecular weight excluding hydrogens is 429 g/mol. The summed E-state index contributed by atoms with van der Waals surface area (Å²) in [6.45, 7) is 17.2. The summed E-state index contributed by atoms with van der Waals surface area (Å²) in [6, 6.07) is 13.3. The van der Waals surface area contributed by atoms with Crippen LogP contribution < -0.4 is 10.1 Å². The largest absolute Gasteiger partial charge is 0.573 e. The molecule has 0 saturated carbocycles. The van der Waals surface area contributed by atoms with Gasteiger partial charge in [-0.25, -0.2) is 0 Å². The van der Waals surface area contributed by atoms with Crippen molar-refractivity contribution in [1.82, 2.24) is 10.2 Å². The first-order valence-electron chi connectivity index (χ1n) is 10.8. The molecule has 2 aromatic carbocycles. The van der Waals surface area contributed by atoms with Crippen LogP contribution in [0.5, 0.6) is 5.75 Å². The van der Waals surface area contributed by atoms with E-state index in [1.165, 1.54) is 12.1 Å². The van der Waals surface area contributed by atoms with Gasteiger partial charge in [-0.05, 0) is 68.1 Å². The lowest BCUT2D eigenvalue weighted by atomic mass is 10.1. The Morgan fingerprint density at radius 3 is 2.00 bits per heavy atom. The lowest BCUT2D eigenvalue weighted by molar-refractivity contribution is -0.274. The summed E-state index contributed by atoms with van der Waals surface area (Å²) in [7, 11) is 0. The van der Waals surface area contributed by atoms with Crippen molar-refractivity contribution in [3.8, 4) is 5.75 Å². The first-order chi connectivity index (χ1) is 15.5. The van der Waals surface area contributed by atoms with Gasteiger partial charge in [0.05, 0.1) is 0 Å². The predicted molar refractivity (Wildman–Crippen MR) is 128 cm³/mol. The molecule has 2 aromatic rings. The maximum absolute atomic E-state index is 12.1. The highest BCUT2D eigenvalue weighted by atomic mass is 19.4. The predicted octanol–water partition coefficient (Wildman–Crippen LogP) is 6.94. The Morgan fingerprint density at radius 2 is 1.55 bits per heavy atom. The van der Waals surface area contributed by atoms with Crippen LogP contribution in [0.1, 0.15) is 55.1 Å². The number of allylic oxidation sites excluding steroid dienone is 1. The van der Waals surface area contributed by atoms with Gasteiger partial charge in [0.2, 0.25) is 0 Å². The average Bonchev–Trinajstić information content (AvgIpc) is 2.73. The quantitative estimate of drug-likeness (QED) is 0.439. The number of nitrogens with zero attached hydrogens (tertiary/aromatic N) is 1. The van der Waals surface area contributed by atoms with Crippen LogP contribution in [0.2, 0.25) is 0 Å². The molecule has 0 aromatic heterocycles. The van der Waals surface area contributed by atoms with E-state index in [9.17, 15) is 18.0 Å². The maximum atomic E-state index is 12.1. The summed E-state index contributed by atoms with van der Waals surface area (Å²) >= 11 is 0. The van der Waals surface area contributed by atoms with Crippen LogP contribution in [-0.4, -0.2) is 30.3 Å². The number of rotatable bonds is 9. The molecule has 33 heavy (non-hydrogen) atoms. The third kappa shape index (κ3) is 10.3. The number of aryl methyl sites for hydroxylation is 1. The van der Waals surface area contributed by atoms with Gasteiger partial charge in [-0.1, -0.05) is 45.2 Å². The number of ether oxygens (including phenoxy) is 1. The van der Waals surface area contributed by atoms with Crippen LogP contribution in [0.3, 0.4) is 0 Å². The molecule has 180 valence electrons. The molecule has 0 aliphatic carbocycles. The summed E-state index contributed by atoms with van der Waals surface area (Å²) in [5.74, 6) is -0.308. The van der Waals surface area contributed by atoms with Gasteiger partial charge in [-0.2, -0.15) is 0 Å². The zero-order valence-electron chi connectivity index (χ0n) is 19.8. The van der Waals surface area contributed by atoms with Gasteiger partial charge in [-0.15, -0.1) is 13.2 Å². The van der Waals surface area contributed by atoms with E-state index in [4.69, 9.17) is 0 Å². The van der Waals surface area contributed by atoms with E-state index in [1.54, 1.807) is 25.1 Å². The van der Waals surface area contributed by atoms with Crippen LogP contribution in [0.15, 0.2) is 67.4 Å². The van der Waals surface area contributed by atoms with Gasteiger partial charge >= 0.3 is 6.36 Å². The van der Waals surface area contributed by atoms with Crippen molar-refractivity contribution >= 4 is 11.6 Å². The summed E-state index contributed by atoms with van der Waals surface area (Å²) in [5.41, 5.74) is 3.97. The average molecular weight is 463 g/mol. The topological polar surface area (TPSA) is 41.6 Å². The Bertz CT molecular complexity index is 916. The Hall–Kier alpha value is -3.22. The van der Waals surface area contributed by atoms with E-state index >= 15 is 0 Å². The van der Waals surface area contributed by atoms with E-state index in [-0.39, 0.29) is 11.7 Å². The second-order valence-electron chi connectivity index (χ2n) is 7.56. The van der Waals surface area contributed by atoms with Gasteiger partial charge < -0.3 is 15.0 Å². The third-order valence-corrected chi connectivity index (χ3v) is 4.51. The van der Waals surface area contributed by atoms with E-state index < -0.39 is 6.36 Å². The number of halogens is 3.